The molecule has 2 N–H and O–H groups in total. The monoisotopic (exact) mass is 352 g/mol. The van der Waals surface area contributed by atoms with Gasteiger partial charge in [0, 0.05) is 19.8 Å². The van der Waals surface area contributed by atoms with Crippen molar-refractivity contribution in [3.05, 3.63) is 35.9 Å². The SMILES string of the molecule is CCOC(OCC)[C@H](C)N(Cc1ccccc1)C(=O)[C@H](C)NC(=O)O. The Hall–Kier alpha value is -2.12. The van der Waals surface area contributed by atoms with Gasteiger partial charge in [0.05, 0.1) is 6.04 Å². The first-order valence-electron chi connectivity index (χ1n) is 8.47. The highest BCUT2D eigenvalue weighted by atomic mass is 16.7. The predicted octanol–water partition coefficient (Wildman–Crippen LogP) is 2.46. The Labute approximate surface area is 148 Å². The lowest BCUT2D eigenvalue weighted by atomic mass is 10.1. The predicted molar refractivity (Wildman–Crippen MR) is 94.1 cm³/mol. The third-order valence-electron chi connectivity index (χ3n) is 3.74. The Morgan fingerprint density at radius 1 is 1.12 bits per heavy atom. The number of nitrogens with one attached hydrogen (secondary N) is 1. The van der Waals surface area contributed by atoms with Crippen molar-refractivity contribution in [2.24, 2.45) is 0 Å². The second-order valence-corrected chi connectivity index (χ2v) is 5.64. The highest BCUT2D eigenvalue weighted by molar-refractivity contribution is 5.85. The zero-order chi connectivity index (χ0) is 18.8. The van der Waals surface area contributed by atoms with Crippen molar-refractivity contribution in [3.8, 4) is 0 Å². The second-order valence-electron chi connectivity index (χ2n) is 5.64. The van der Waals surface area contributed by atoms with E-state index >= 15 is 0 Å². The number of rotatable bonds is 10. The van der Waals surface area contributed by atoms with Gasteiger partial charge in [0.15, 0.2) is 6.29 Å². The smallest absolute Gasteiger partial charge is 0.405 e. The summed E-state index contributed by atoms with van der Waals surface area (Å²) in [6, 6.07) is 8.26. The third kappa shape index (κ3) is 6.72. The molecule has 0 radical (unpaired) electrons. The molecule has 2 atom stereocenters. The Morgan fingerprint density at radius 3 is 2.16 bits per heavy atom. The van der Waals surface area contributed by atoms with Crippen LogP contribution in [0.25, 0.3) is 0 Å². The van der Waals surface area contributed by atoms with E-state index in [1.807, 2.05) is 51.1 Å². The maximum atomic E-state index is 12.8. The van der Waals surface area contributed by atoms with E-state index in [-0.39, 0.29) is 11.9 Å². The molecule has 7 heteroatoms. The van der Waals surface area contributed by atoms with Crippen LogP contribution in [-0.4, -0.2) is 53.6 Å². The van der Waals surface area contributed by atoms with E-state index in [0.29, 0.717) is 19.8 Å². The van der Waals surface area contributed by atoms with Crippen LogP contribution in [0.1, 0.15) is 33.3 Å². The standard InChI is InChI=1S/C18H28N2O5/c1-5-24-17(25-6-2)14(4)20(12-15-10-8-7-9-11-15)16(21)13(3)19-18(22)23/h7-11,13-14,17,19H,5-6,12H2,1-4H3,(H,22,23)/t13-,14-/m0/s1. The second kappa shape index (κ2) is 10.7. The molecule has 0 aliphatic rings. The number of carbonyl (C=O) groups excluding carboxylic acids is 1. The van der Waals surface area contributed by atoms with Crippen molar-refractivity contribution in [2.75, 3.05) is 13.2 Å². The molecule has 0 heterocycles. The van der Waals surface area contributed by atoms with Crippen LogP contribution >= 0.6 is 0 Å². The number of carbonyl (C=O) groups is 2. The summed E-state index contributed by atoms with van der Waals surface area (Å²) in [6.45, 7) is 8.31. The van der Waals surface area contributed by atoms with Gasteiger partial charge in [-0.1, -0.05) is 30.3 Å². The fourth-order valence-corrected chi connectivity index (χ4v) is 2.50. The maximum Gasteiger partial charge on any atom is 0.405 e. The van der Waals surface area contributed by atoms with Crippen molar-refractivity contribution in [3.63, 3.8) is 0 Å². The van der Waals surface area contributed by atoms with E-state index in [9.17, 15) is 9.59 Å². The van der Waals surface area contributed by atoms with Crippen LogP contribution in [-0.2, 0) is 20.8 Å². The molecule has 7 nitrogen and oxygen atoms in total. The van der Waals surface area contributed by atoms with Crippen molar-refractivity contribution in [1.29, 1.82) is 0 Å². The van der Waals surface area contributed by atoms with Crippen LogP contribution in [0.4, 0.5) is 4.79 Å². The zero-order valence-electron chi connectivity index (χ0n) is 15.3. The molecule has 0 unspecified atom stereocenters. The molecule has 0 saturated carbocycles. The molecule has 1 aromatic rings. The number of ether oxygens (including phenoxy) is 2. The molecular weight excluding hydrogens is 324 g/mol. The minimum Gasteiger partial charge on any atom is -0.465 e. The average Bonchev–Trinajstić information content (AvgIpc) is 2.58. The van der Waals surface area contributed by atoms with E-state index in [4.69, 9.17) is 14.6 Å². The highest BCUT2D eigenvalue weighted by Gasteiger charge is 2.31. The summed E-state index contributed by atoms with van der Waals surface area (Å²) in [5, 5.41) is 11.1. The molecule has 2 amide bonds. The maximum absolute atomic E-state index is 12.8. The van der Waals surface area contributed by atoms with Gasteiger partial charge in [-0.15, -0.1) is 0 Å². The average molecular weight is 352 g/mol. The largest absolute Gasteiger partial charge is 0.465 e. The minimum absolute atomic E-state index is 0.330. The lowest BCUT2D eigenvalue weighted by Gasteiger charge is -2.35. The van der Waals surface area contributed by atoms with E-state index in [0.717, 1.165) is 5.56 Å². The van der Waals surface area contributed by atoms with Crippen LogP contribution in [0.2, 0.25) is 0 Å². The first-order chi connectivity index (χ1) is 11.9. The van der Waals surface area contributed by atoms with E-state index in [1.54, 1.807) is 4.90 Å². The minimum atomic E-state index is -1.24. The lowest BCUT2D eigenvalue weighted by molar-refractivity contribution is -0.179. The van der Waals surface area contributed by atoms with Crippen molar-refractivity contribution >= 4 is 12.0 Å². The van der Waals surface area contributed by atoms with E-state index in [2.05, 4.69) is 5.32 Å². The number of hydrogen-bond acceptors (Lipinski definition) is 4. The molecule has 1 aromatic carbocycles. The Morgan fingerprint density at radius 2 is 1.68 bits per heavy atom. The van der Waals surface area contributed by atoms with Crippen molar-refractivity contribution < 1.29 is 24.2 Å². The molecule has 0 spiro atoms. The van der Waals surface area contributed by atoms with Gasteiger partial charge in [0.2, 0.25) is 5.91 Å². The quantitative estimate of drug-likeness (QED) is 0.632. The van der Waals surface area contributed by atoms with Gasteiger partial charge in [0.1, 0.15) is 6.04 Å². The Balaban J connectivity index is 3.03. The summed E-state index contributed by atoms with van der Waals surface area (Å²) in [5.41, 5.74) is 0.942. The van der Waals surface area contributed by atoms with Crippen LogP contribution in [0, 0.1) is 0 Å². The number of hydrogen-bond donors (Lipinski definition) is 2. The highest BCUT2D eigenvalue weighted by Crippen LogP contribution is 2.16. The third-order valence-corrected chi connectivity index (χ3v) is 3.74. The molecular formula is C18H28N2O5. The van der Waals surface area contributed by atoms with Gasteiger partial charge in [-0.25, -0.2) is 4.79 Å². The molecule has 0 saturated heterocycles. The van der Waals surface area contributed by atoms with Gasteiger partial charge in [0.25, 0.3) is 0 Å². The summed E-state index contributed by atoms with van der Waals surface area (Å²) in [5.74, 6) is -0.330. The summed E-state index contributed by atoms with van der Waals surface area (Å²) in [7, 11) is 0. The summed E-state index contributed by atoms with van der Waals surface area (Å²) in [4.78, 5) is 25.3. The first-order valence-corrected chi connectivity index (χ1v) is 8.47. The van der Waals surface area contributed by atoms with Gasteiger partial charge < -0.3 is 24.8 Å². The van der Waals surface area contributed by atoms with Gasteiger partial charge >= 0.3 is 6.09 Å². The molecule has 25 heavy (non-hydrogen) atoms. The molecule has 0 fully saturated rings. The number of amides is 2. The van der Waals surface area contributed by atoms with E-state index < -0.39 is 18.4 Å². The molecule has 140 valence electrons. The van der Waals surface area contributed by atoms with Crippen LogP contribution in [0.3, 0.4) is 0 Å². The molecule has 0 aliphatic heterocycles. The normalized spacial score (nSPS) is 13.3. The van der Waals surface area contributed by atoms with Crippen molar-refractivity contribution in [1.82, 2.24) is 10.2 Å². The molecule has 0 aromatic heterocycles. The Kier molecular flexibility index (Phi) is 8.94. The van der Waals surface area contributed by atoms with Crippen molar-refractivity contribution in [2.45, 2.75) is 52.6 Å². The molecule has 0 bridgehead atoms. The fraction of sp³-hybridized carbons (Fsp3) is 0.556. The van der Waals surface area contributed by atoms with Gasteiger partial charge in [-0.3, -0.25) is 4.79 Å². The summed E-state index contributed by atoms with van der Waals surface area (Å²) >= 11 is 0. The lowest BCUT2D eigenvalue weighted by Crippen LogP contribution is -2.53. The van der Waals surface area contributed by atoms with Gasteiger partial charge in [-0.2, -0.15) is 0 Å². The summed E-state index contributed by atoms with van der Waals surface area (Å²) < 4.78 is 11.2. The van der Waals surface area contributed by atoms with E-state index in [1.165, 1.54) is 6.92 Å². The van der Waals surface area contributed by atoms with Crippen LogP contribution in [0.5, 0.6) is 0 Å². The van der Waals surface area contributed by atoms with Gasteiger partial charge in [-0.05, 0) is 33.3 Å². The van der Waals surface area contributed by atoms with Crippen LogP contribution in [0.15, 0.2) is 30.3 Å². The zero-order valence-corrected chi connectivity index (χ0v) is 15.3. The number of carboxylic acid groups (broad SMARTS) is 1. The Bertz CT molecular complexity index is 532. The molecule has 1 rings (SSSR count). The number of benzene rings is 1. The summed E-state index contributed by atoms with van der Waals surface area (Å²) in [6.07, 6.45) is -1.82. The fourth-order valence-electron chi connectivity index (χ4n) is 2.50. The van der Waals surface area contributed by atoms with Crippen LogP contribution < -0.4 is 5.32 Å². The molecule has 0 aliphatic carbocycles. The topological polar surface area (TPSA) is 88.1 Å². The number of nitrogens with zero attached hydrogens (tertiary/aromatic N) is 1. The first kappa shape index (κ1) is 20.9.